The van der Waals surface area contributed by atoms with Crippen LogP contribution in [0.15, 0.2) is 30.5 Å². The maximum Gasteiger partial charge on any atom is 0.201 e. The maximum atomic E-state index is 10.7. The van der Waals surface area contributed by atoms with Gasteiger partial charge in [-0.25, -0.2) is 9.67 Å². The van der Waals surface area contributed by atoms with Crippen LogP contribution in [0.2, 0.25) is 0 Å². The molecule has 0 atom stereocenters. The molecule has 10 heteroatoms. The van der Waals surface area contributed by atoms with Gasteiger partial charge < -0.3 is 10.4 Å². The number of hydrogen-bond donors (Lipinski definition) is 2. The predicted octanol–water partition coefficient (Wildman–Crippen LogP) is 4.93. The summed E-state index contributed by atoms with van der Waals surface area (Å²) in [5, 5.41) is 32.9. The van der Waals surface area contributed by atoms with Gasteiger partial charge in [0.2, 0.25) is 5.65 Å². The van der Waals surface area contributed by atoms with Crippen LogP contribution in [0.5, 0.6) is 5.75 Å². The summed E-state index contributed by atoms with van der Waals surface area (Å²) in [4.78, 5) is 5.52. The van der Waals surface area contributed by atoms with Gasteiger partial charge in [0.15, 0.2) is 0 Å². The van der Waals surface area contributed by atoms with Crippen molar-refractivity contribution in [1.82, 2.24) is 35.5 Å². The Hall–Kier alpha value is -2.62. The number of piperidine rings is 1. The number of phenols is 1. The minimum atomic E-state index is -0.0123. The average Bonchev–Trinajstić information content (AvgIpc) is 3.31. The van der Waals surface area contributed by atoms with E-state index in [-0.39, 0.29) is 35.3 Å². The molecule has 1 aliphatic rings. The lowest BCUT2D eigenvalue weighted by molar-refractivity contribution is 0.127. The highest BCUT2D eigenvalue weighted by atomic mass is 35.5. The molecule has 8 nitrogen and oxygen atoms in total. The third-order valence-corrected chi connectivity index (χ3v) is 6.84. The molecule has 1 aromatic carbocycles. The Morgan fingerprint density at radius 3 is 2.42 bits per heavy atom. The molecule has 174 valence electrons. The topological polar surface area (TPSA) is 102 Å². The quantitative estimate of drug-likeness (QED) is 0.424. The van der Waals surface area contributed by atoms with Crippen molar-refractivity contribution in [2.45, 2.75) is 64.6 Å². The van der Waals surface area contributed by atoms with Crippen molar-refractivity contribution in [2.24, 2.45) is 0 Å². The van der Waals surface area contributed by atoms with Crippen LogP contribution < -0.4 is 5.32 Å². The van der Waals surface area contributed by atoms with Crippen molar-refractivity contribution in [3.8, 4) is 27.6 Å². The van der Waals surface area contributed by atoms with Crippen LogP contribution in [0, 0.1) is 6.92 Å². The van der Waals surface area contributed by atoms with Gasteiger partial charge in [-0.15, -0.1) is 39.0 Å². The van der Waals surface area contributed by atoms with Gasteiger partial charge in [0.1, 0.15) is 16.3 Å². The molecule has 33 heavy (non-hydrogen) atoms. The third-order valence-electron chi connectivity index (χ3n) is 5.88. The molecule has 4 heterocycles. The van der Waals surface area contributed by atoms with Crippen molar-refractivity contribution in [2.75, 3.05) is 0 Å². The van der Waals surface area contributed by atoms with Gasteiger partial charge in [-0.3, -0.25) is 0 Å². The normalized spacial score (nSPS) is 17.7. The van der Waals surface area contributed by atoms with Crippen LogP contribution in [0.3, 0.4) is 0 Å². The second-order valence-corrected chi connectivity index (χ2v) is 11.2. The fourth-order valence-electron chi connectivity index (χ4n) is 4.94. The van der Waals surface area contributed by atoms with Crippen LogP contribution in [-0.4, -0.2) is 46.4 Å². The van der Waals surface area contributed by atoms with Gasteiger partial charge in [0, 0.05) is 33.3 Å². The van der Waals surface area contributed by atoms with E-state index < -0.39 is 0 Å². The molecule has 0 amide bonds. The molecular weight excluding hydrogens is 458 g/mol. The second-order valence-electron chi connectivity index (χ2n) is 9.94. The highest BCUT2D eigenvalue weighted by Gasteiger charge is 2.39. The Balaban J connectivity index is 0.00000259. The minimum Gasteiger partial charge on any atom is -0.507 e. The Morgan fingerprint density at radius 2 is 1.79 bits per heavy atom. The van der Waals surface area contributed by atoms with Gasteiger partial charge in [-0.05, 0) is 65.7 Å². The molecule has 5 rings (SSSR count). The number of nitrogens with one attached hydrogen (secondary N) is 1. The van der Waals surface area contributed by atoms with Gasteiger partial charge in [0.05, 0.1) is 11.7 Å². The van der Waals surface area contributed by atoms with Gasteiger partial charge in [0.25, 0.3) is 0 Å². The molecule has 0 aliphatic carbocycles. The Morgan fingerprint density at radius 1 is 1.06 bits per heavy atom. The molecule has 4 aromatic rings. The SMILES string of the molecule is Cc1cnc(-c2ccc(-c3cc4nnn(C5CC(C)(C)NC(C)(C)C5)c4nn3)c(O)c2)s1.Cl. The summed E-state index contributed by atoms with van der Waals surface area (Å²) in [6, 6.07) is 7.52. The lowest BCUT2D eigenvalue weighted by atomic mass is 9.80. The smallest absolute Gasteiger partial charge is 0.201 e. The van der Waals surface area contributed by atoms with Crippen LogP contribution in [-0.2, 0) is 0 Å². The number of halogens is 1. The first-order chi connectivity index (χ1) is 15.1. The molecule has 0 radical (unpaired) electrons. The monoisotopic (exact) mass is 485 g/mol. The van der Waals surface area contributed by atoms with Crippen molar-refractivity contribution in [3.05, 3.63) is 35.3 Å². The van der Waals surface area contributed by atoms with Crippen molar-refractivity contribution in [1.29, 1.82) is 0 Å². The second kappa shape index (κ2) is 8.30. The fourth-order valence-corrected chi connectivity index (χ4v) is 5.70. The highest BCUT2D eigenvalue weighted by Crippen LogP contribution is 2.37. The van der Waals surface area contributed by atoms with Crippen LogP contribution >= 0.6 is 23.7 Å². The molecule has 2 N–H and O–H groups in total. The molecule has 1 aliphatic heterocycles. The van der Waals surface area contributed by atoms with E-state index >= 15 is 0 Å². The lowest BCUT2D eigenvalue weighted by Gasteiger charge is -2.46. The molecular formula is C23H28ClN7OS. The zero-order chi connectivity index (χ0) is 22.7. The summed E-state index contributed by atoms with van der Waals surface area (Å²) in [6.07, 6.45) is 3.69. The van der Waals surface area contributed by atoms with Crippen molar-refractivity contribution in [3.63, 3.8) is 0 Å². The Labute approximate surface area is 202 Å². The summed E-state index contributed by atoms with van der Waals surface area (Å²) in [6.45, 7) is 10.9. The van der Waals surface area contributed by atoms with E-state index in [1.54, 1.807) is 17.4 Å². The summed E-state index contributed by atoms with van der Waals surface area (Å²) in [7, 11) is 0. The number of nitrogens with zero attached hydrogens (tertiary/aromatic N) is 6. The molecule has 3 aromatic heterocycles. The number of aromatic hydroxyl groups is 1. The van der Waals surface area contributed by atoms with E-state index in [0.717, 1.165) is 28.3 Å². The molecule has 1 fully saturated rings. The number of aromatic nitrogens is 6. The van der Waals surface area contributed by atoms with Gasteiger partial charge >= 0.3 is 0 Å². The molecule has 0 unspecified atom stereocenters. The van der Waals surface area contributed by atoms with E-state index in [0.29, 0.717) is 22.4 Å². The molecule has 0 spiro atoms. The van der Waals surface area contributed by atoms with Crippen molar-refractivity contribution >= 4 is 34.9 Å². The van der Waals surface area contributed by atoms with E-state index in [4.69, 9.17) is 0 Å². The maximum absolute atomic E-state index is 10.7. The number of hydrogen-bond acceptors (Lipinski definition) is 8. The van der Waals surface area contributed by atoms with Crippen LogP contribution in [0.25, 0.3) is 33.0 Å². The first-order valence-electron chi connectivity index (χ1n) is 10.7. The Bertz CT molecular complexity index is 1300. The zero-order valence-corrected chi connectivity index (χ0v) is 21.0. The number of aryl methyl sites for hydroxylation is 1. The molecule has 0 bridgehead atoms. The zero-order valence-electron chi connectivity index (χ0n) is 19.3. The van der Waals surface area contributed by atoms with Gasteiger partial charge in [-0.1, -0.05) is 11.3 Å². The van der Waals surface area contributed by atoms with Crippen LogP contribution in [0.1, 0.15) is 51.5 Å². The molecule has 1 saturated heterocycles. The number of benzene rings is 1. The number of thiazole rings is 1. The summed E-state index contributed by atoms with van der Waals surface area (Å²) >= 11 is 1.59. The first-order valence-corrected chi connectivity index (χ1v) is 11.6. The minimum absolute atomic E-state index is 0. The predicted molar refractivity (Wildman–Crippen MR) is 133 cm³/mol. The lowest BCUT2D eigenvalue weighted by Crippen LogP contribution is -2.58. The number of rotatable bonds is 3. The fraction of sp³-hybridized carbons (Fsp3) is 0.435. The highest BCUT2D eigenvalue weighted by molar-refractivity contribution is 7.14. The van der Waals surface area contributed by atoms with Gasteiger partial charge in [-0.2, -0.15) is 0 Å². The molecule has 0 saturated carbocycles. The number of fused-ring (bicyclic) bond motifs is 1. The number of phenolic OH excluding ortho intramolecular Hbond substituents is 1. The Kier molecular flexibility index (Phi) is 5.92. The summed E-state index contributed by atoms with van der Waals surface area (Å²) < 4.78 is 1.91. The van der Waals surface area contributed by atoms with E-state index in [1.807, 2.05) is 36.0 Å². The third kappa shape index (κ3) is 4.58. The standard InChI is InChI=1S/C23H27N7OS.ClH/c1-13-12-24-21(32-13)14-6-7-16(19(31)8-14)17-9-18-20(27-25-17)30(29-26-18)15-10-22(2,3)28-23(4,5)11-15;/h6-9,12,15,28,31H,10-11H2,1-5H3;1H. The summed E-state index contributed by atoms with van der Waals surface area (Å²) in [5.41, 5.74) is 3.36. The average molecular weight is 486 g/mol. The van der Waals surface area contributed by atoms with Crippen molar-refractivity contribution < 1.29 is 5.11 Å². The first kappa shape index (κ1) is 23.5. The van der Waals surface area contributed by atoms with Crippen LogP contribution in [0.4, 0.5) is 0 Å². The summed E-state index contributed by atoms with van der Waals surface area (Å²) in [5.74, 6) is 0.137. The van der Waals surface area contributed by atoms with E-state index in [9.17, 15) is 5.11 Å². The largest absolute Gasteiger partial charge is 0.507 e. The van der Waals surface area contributed by atoms with E-state index in [1.165, 1.54) is 0 Å². The van der Waals surface area contributed by atoms with E-state index in [2.05, 4.69) is 58.5 Å².